The number of halogens is 1. The Morgan fingerprint density at radius 2 is 1.94 bits per heavy atom. The molecule has 9 heteroatoms. The van der Waals surface area contributed by atoms with E-state index >= 15 is 0 Å². The monoisotopic (exact) mass is 543 g/mol. The van der Waals surface area contributed by atoms with Gasteiger partial charge in [0.2, 0.25) is 0 Å². The summed E-state index contributed by atoms with van der Waals surface area (Å²) >= 11 is 4.60. The average Bonchev–Trinajstić information content (AvgIpc) is 3.32. The lowest BCUT2D eigenvalue weighted by Gasteiger charge is -2.17. The molecule has 1 aliphatic heterocycles. The van der Waals surface area contributed by atoms with Gasteiger partial charge in [-0.05, 0) is 57.0 Å². The second-order valence-electron chi connectivity index (χ2n) is 8.52. The van der Waals surface area contributed by atoms with Gasteiger partial charge in [-0.1, -0.05) is 39.8 Å². The van der Waals surface area contributed by atoms with Crippen LogP contribution in [0.2, 0.25) is 0 Å². The molecule has 0 saturated carbocycles. The molecule has 0 unspecified atom stereocenters. The Bertz CT molecular complexity index is 1270. The minimum Gasteiger partial charge on any atom is -0.376 e. The lowest BCUT2D eigenvalue weighted by Crippen LogP contribution is -2.31. The molecule has 1 fully saturated rings. The number of amides is 1. The Hall–Kier alpha value is -2.49. The summed E-state index contributed by atoms with van der Waals surface area (Å²) in [5, 5.41) is 3.73. The zero-order valence-electron chi connectivity index (χ0n) is 19.0. The second kappa shape index (κ2) is 10.8. The summed E-state index contributed by atoms with van der Waals surface area (Å²) in [6.45, 7) is 4.84. The van der Waals surface area contributed by atoms with Crippen molar-refractivity contribution in [1.82, 2.24) is 14.9 Å². The summed E-state index contributed by atoms with van der Waals surface area (Å²) in [5.74, 6) is -0.138. The number of hydrogen-bond acceptors (Lipinski definition) is 6. The van der Waals surface area contributed by atoms with E-state index in [4.69, 9.17) is 9.72 Å². The van der Waals surface area contributed by atoms with Gasteiger partial charge < -0.3 is 10.1 Å². The van der Waals surface area contributed by atoms with Crippen LogP contribution in [0.1, 0.15) is 47.4 Å². The number of rotatable bonds is 8. The van der Waals surface area contributed by atoms with Gasteiger partial charge in [0.15, 0.2) is 10.9 Å². The fraction of sp³-hybridized carbons (Fsp3) is 0.360. The van der Waals surface area contributed by atoms with E-state index in [0.717, 1.165) is 17.3 Å². The predicted octanol–water partition coefficient (Wildman–Crippen LogP) is 4.45. The van der Waals surface area contributed by atoms with Gasteiger partial charge >= 0.3 is 0 Å². The number of hydrogen-bond donors (Lipinski definition) is 1. The van der Waals surface area contributed by atoms with Gasteiger partial charge in [-0.2, -0.15) is 0 Å². The molecule has 0 bridgehead atoms. The standard InChI is InChI=1S/C25H26BrN3O4S/c1-15(2)27-23(31)17-7-10-20-21(12-17)28-25(29(24(20)32)13-19-4-3-11-33-19)34-14-22(30)16-5-8-18(26)9-6-16/h5-10,12,15,19H,3-4,11,13-14H2,1-2H3,(H,27,31)/t19-/m0/s1. The molecule has 34 heavy (non-hydrogen) atoms. The lowest BCUT2D eigenvalue weighted by atomic mass is 10.1. The summed E-state index contributed by atoms with van der Waals surface area (Å²) in [4.78, 5) is 43.3. The van der Waals surface area contributed by atoms with Gasteiger partial charge in [0.25, 0.3) is 11.5 Å². The van der Waals surface area contributed by atoms with Crippen molar-refractivity contribution in [1.29, 1.82) is 0 Å². The number of thioether (sulfide) groups is 1. The van der Waals surface area contributed by atoms with Crippen molar-refractivity contribution in [3.63, 3.8) is 0 Å². The zero-order chi connectivity index (χ0) is 24.2. The fourth-order valence-electron chi connectivity index (χ4n) is 3.80. The maximum atomic E-state index is 13.4. The molecule has 1 atom stereocenters. The topological polar surface area (TPSA) is 90.3 Å². The number of aromatic nitrogens is 2. The van der Waals surface area contributed by atoms with E-state index in [2.05, 4.69) is 21.2 Å². The zero-order valence-corrected chi connectivity index (χ0v) is 21.4. The normalized spacial score (nSPS) is 15.7. The third-order valence-corrected chi connectivity index (χ3v) is 7.02. The van der Waals surface area contributed by atoms with E-state index in [-0.39, 0.29) is 35.1 Å². The molecule has 178 valence electrons. The fourth-order valence-corrected chi connectivity index (χ4v) is 4.97. The molecule has 3 aromatic rings. The maximum absolute atomic E-state index is 13.4. The Morgan fingerprint density at radius 1 is 1.21 bits per heavy atom. The van der Waals surface area contributed by atoms with E-state index in [1.54, 1.807) is 34.9 Å². The van der Waals surface area contributed by atoms with Gasteiger partial charge in [-0.15, -0.1) is 0 Å². The van der Waals surface area contributed by atoms with Crippen LogP contribution in [0.3, 0.4) is 0 Å². The van der Waals surface area contributed by atoms with E-state index in [1.807, 2.05) is 26.0 Å². The third kappa shape index (κ3) is 5.76. The SMILES string of the molecule is CC(C)NC(=O)c1ccc2c(=O)n(C[C@@H]3CCCO3)c(SCC(=O)c3ccc(Br)cc3)nc2c1. The number of nitrogens with zero attached hydrogens (tertiary/aromatic N) is 2. The number of nitrogens with one attached hydrogen (secondary N) is 1. The quantitative estimate of drug-likeness (QED) is 0.256. The van der Waals surface area contributed by atoms with Crippen molar-refractivity contribution in [2.24, 2.45) is 0 Å². The first-order valence-electron chi connectivity index (χ1n) is 11.2. The number of ether oxygens (including phenoxy) is 1. The number of benzene rings is 2. The molecular formula is C25H26BrN3O4S. The highest BCUT2D eigenvalue weighted by atomic mass is 79.9. The van der Waals surface area contributed by atoms with E-state index in [0.29, 0.717) is 40.3 Å². The molecule has 1 aromatic heterocycles. The second-order valence-corrected chi connectivity index (χ2v) is 10.4. The van der Waals surface area contributed by atoms with Crippen LogP contribution >= 0.6 is 27.7 Å². The van der Waals surface area contributed by atoms with Gasteiger partial charge in [-0.3, -0.25) is 19.0 Å². The summed E-state index contributed by atoms with van der Waals surface area (Å²) in [6.07, 6.45) is 1.77. The van der Waals surface area contributed by atoms with Crippen LogP contribution in [0, 0.1) is 0 Å². The molecule has 2 heterocycles. The van der Waals surface area contributed by atoms with Crippen molar-refractivity contribution < 1.29 is 14.3 Å². The van der Waals surface area contributed by atoms with Crippen LogP contribution in [0.15, 0.2) is 56.9 Å². The van der Waals surface area contributed by atoms with E-state index in [1.165, 1.54) is 11.8 Å². The molecule has 0 aliphatic carbocycles. The first-order chi connectivity index (χ1) is 16.3. The van der Waals surface area contributed by atoms with Gasteiger partial charge in [0.05, 0.1) is 29.3 Å². The number of Topliss-reactive ketones (excluding diaryl/α,β-unsaturated/α-hetero) is 1. The molecular weight excluding hydrogens is 518 g/mol. The van der Waals surface area contributed by atoms with Crippen molar-refractivity contribution in [2.75, 3.05) is 12.4 Å². The first-order valence-corrected chi connectivity index (χ1v) is 13.0. The number of carbonyl (C=O) groups is 2. The lowest BCUT2D eigenvalue weighted by molar-refractivity contribution is 0.0936. The van der Waals surface area contributed by atoms with Crippen LogP contribution in [0.5, 0.6) is 0 Å². The molecule has 1 aliphatic rings. The Labute approximate surface area is 210 Å². The minimum absolute atomic E-state index is 0.00805. The highest BCUT2D eigenvalue weighted by molar-refractivity contribution is 9.10. The predicted molar refractivity (Wildman–Crippen MR) is 137 cm³/mol. The van der Waals surface area contributed by atoms with Crippen molar-refractivity contribution in [2.45, 2.75) is 50.5 Å². The Kier molecular flexibility index (Phi) is 7.85. The van der Waals surface area contributed by atoms with E-state index in [9.17, 15) is 14.4 Å². The van der Waals surface area contributed by atoms with Crippen molar-refractivity contribution >= 4 is 50.3 Å². The van der Waals surface area contributed by atoms with Gasteiger partial charge in [0.1, 0.15) is 0 Å². The third-order valence-electron chi connectivity index (χ3n) is 5.51. The smallest absolute Gasteiger partial charge is 0.262 e. The highest BCUT2D eigenvalue weighted by Gasteiger charge is 2.21. The van der Waals surface area contributed by atoms with Crippen LogP contribution in [-0.4, -0.2) is 45.7 Å². The summed E-state index contributed by atoms with van der Waals surface area (Å²) in [7, 11) is 0. The summed E-state index contributed by atoms with van der Waals surface area (Å²) in [6, 6.07) is 12.1. The molecule has 4 rings (SSSR count). The van der Waals surface area contributed by atoms with Crippen LogP contribution in [0.25, 0.3) is 10.9 Å². The molecule has 2 aromatic carbocycles. The first kappa shape index (κ1) is 24.6. The van der Waals surface area contributed by atoms with E-state index < -0.39 is 0 Å². The highest BCUT2D eigenvalue weighted by Crippen LogP contribution is 2.23. The molecule has 0 radical (unpaired) electrons. The van der Waals surface area contributed by atoms with Gasteiger partial charge in [-0.25, -0.2) is 4.98 Å². The maximum Gasteiger partial charge on any atom is 0.262 e. The number of ketones is 1. The van der Waals surface area contributed by atoms with Crippen LogP contribution in [-0.2, 0) is 11.3 Å². The molecule has 1 amide bonds. The summed E-state index contributed by atoms with van der Waals surface area (Å²) < 4.78 is 8.25. The van der Waals surface area contributed by atoms with Crippen molar-refractivity contribution in [3.05, 3.63) is 68.4 Å². The molecule has 7 nitrogen and oxygen atoms in total. The van der Waals surface area contributed by atoms with Crippen LogP contribution in [0.4, 0.5) is 0 Å². The summed E-state index contributed by atoms with van der Waals surface area (Å²) in [5.41, 5.74) is 1.27. The average molecular weight is 544 g/mol. The minimum atomic E-state index is -0.221. The van der Waals surface area contributed by atoms with Crippen molar-refractivity contribution in [3.8, 4) is 0 Å². The van der Waals surface area contributed by atoms with Gasteiger partial charge in [0, 0.05) is 28.2 Å². The Balaban J connectivity index is 1.68. The Morgan fingerprint density at radius 3 is 2.62 bits per heavy atom. The van der Waals surface area contributed by atoms with Crippen LogP contribution < -0.4 is 10.9 Å². The number of fused-ring (bicyclic) bond motifs is 1. The molecule has 0 spiro atoms. The molecule has 1 saturated heterocycles. The largest absolute Gasteiger partial charge is 0.376 e. The molecule has 1 N–H and O–H groups in total. The number of carbonyl (C=O) groups excluding carboxylic acids is 2.